The summed E-state index contributed by atoms with van der Waals surface area (Å²) in [4.78, 5) is 27.6. The van der Waals surface area contributed by atoms with Crippen molar-refractivity contribution in [1.82, 2.24) is 10.3 Å². The van der Waals surface area contributed by atoms with Gasteiger partial charge in [0.25, 0.3) is 0 Å². The van der Waals surface area contributed by atoms with Crippen molar-refractivity contribution in [3.8, 4) is 5.75 Å². The number of aromatic nitrogens is 1. The molecule has 6 nitrogen and oxygen atoms in total. The predicted molar refractivity (Wildman–Crippen MR) is 82.7 cm³/mol. The number of rotatable bonds is 4. The van der Waals surface area contributed by atoms with Gasteiger partial charge in [-0.05, 0) is 29.8 Å². The molecule has 0 unspecified atom stereocenters. The van der Waals surface area contributed by atoms with E-state index in [2.05, 4.69) is 15.6 Å². The number of hydrogen-bond donors (Lipinski definition) is 2. The van der Waals surface area contributed by atoms with E-state index in [1.54, 1.807) is 36.7 Å². The number of nitrogens with zero attached hydrogens (tertiary/aromatic N) is 1. The first-order valence-corrected chi connectivity index (χ1v) is 6.79. The Labute approximate surface area is 132 Å². The summed E-state index contributed by atoms with van der Waals surface area (Å²) in [5, 5.41) is 5.39. The fourth-order valence-corrected chi connectivity index (χ4v) is 1.89. The van der Waals surface area contributed by atoms with Crippen molar-refractivity contribution in [1.29, 1.82) is 0 Å². The van der Waals surface area contributed by atoms with Crippen LogP contribution in [-0.2, 0) is 16.1 Å². The second-order valence-corrected chi connectivity index (χ2v) is 4.78. The number of carbonyl (C=O) groups is 2. The fraction of sp³-hybridized carbons (Fsp3) is 0.133. The first-order valence-electron chi connectivity index (χ1n) is 6.42. The molecule has 0 bridgehead atoms. The molecular weight excluding hydrogens is 306 g/mol. The van der Waals surface area contributed by atoms with Crippen LogP contribution in [0, 0.1) is 0 Å². The maximum absolute atomic E-state index is 11.9. The lowest BCUT2D eigenvalue weighted by Gasteiger charge is -2.10. The average Bonchev–Trinajstić information content (AvgIpc) is 2.53. The van der Waals surface area contributed by atoms with Crippen LogP contribution >= 0.6 is 11.6 Å². The van der Waals surface area contributed by atoms with Crippen molar-refractivity contribution in [2.24, 2.45) is 0 Å². The van der Waals surface area contributed by atoms with E-state index < -0.39 is 11.8 Å². The monoisotopic (exact) mass is 319 g/mol. The topological polar surface area (TPSA) is 80.3 Å². The van der Waals surface area contributed by atoms with Gasteiger partial charge in [-0.2, -0.15) is 0 Å². The second kappa shape index (κ2) is 7.42. The maximum Gasteiger partial charge on any atom is 0.313 e. The summed E-state index contributed by atoms with van der Waals surface area (Å²) in [5.41, 5.74) is 1.13. The van der Waals surface area contributed by atoms with E-state index in [1.807, 2.05) is 0 Å². The van der Waals surface area contributed by atoms with Gasteiger partial charge in [-0.1, -0.05) is 17.7 Å². The highest BCUT2D eigenvalue weighted by atomic mass is 35.5. The molecular formula is C15H14ClN3O3. The molecule has 1 aromatic heterocycles. The third kappa shape index (κ3) is 4.20. The summed E-state index contributed by atoms with van der Waals surface area (Å²) in [7, 11) is 1.46. The van der Waals surface area contributed by atoms with Crippen LogP contribution in [-0.4, -0.2) is 23.9 Å². The average molecular weight is 320 g/mol. The maximum atomic E-state index is 11.9. The molecule has 0 radical (unpaired) electrons. The number of hydrogen-bond acceptors (Lipinski definition) is 4. The zero-order chi connectivity index (χ0) is 15.9. The van der Waals surface area contributed by atoms with Gasteiger partial charge in [0, 0.05) is 24.0 Å². The highest BCUT2D eigenvalue weighted by Crippen LogP contribution is 2.27. The SMILES string of the molecule is COc1ccc(Cl)cc1NC(=O)C(=O)NCc1cccnc1. The molecule has 22 heavy (non-hydrogen) atoms. The Bertz CT molecular complexity index is 677. The zero-order valence-corrected chi connectivity index (χ0v) is 12.6. The minimum Gasteiger partial charge on any atom is -0.495 e. The summed E-state index contributed by atoms with van der Waals surface area (Å²) in [6, 6.07) is 8.28. The Morgan fingerprint density at radius 3 is 2.77 bits per heavy atom. The van der Waals surface area contributed by atoms with E-state index in [1.165, 1.54) is 13.2 Å². The lowest BCUT2D eigenvalue weighted by Crippen LogP contribution is -2.35. The number of ether oxygens (including phenoxy) is 1. The molecule has 0 saturated heterocycles. The van der Waals surface area contributed by atoms with Crippen LogP contribution in [0.2, 0.25) is 5.02 Å². The summed E-state index contributed by atoms with van der Waals surface area (Å²) < 4.78 is 5.10. The normalized spacial score (nSPS) is 9.91. The van der Waals surface area contributed by atoms with Crippen LogP contribution < -0.4 is 15.4 Å². The van der Waals surface area contributed by atoms with Crippen LogP contribution in [0.15, 0.2) is 42.7 Å². The largest absolute Gasteiger partial charge is 0.495 e. The summed E-state index contributed by atoms with van der Waals surface area (Å²) in [6.45, 7) is 0.215. The van der Waals surface area contributed by atoms with Crippen molar-refractivity contribution in [3.05, 3.63) is 53.3 Å². The zero-order valence-electron chi connectivity index (χ0n) is 11.8. The molecule has 0 aliphatic carbocycles. The van der Waals surface area contributed by atoms with E-state index in [-0.39, 0.29) is 6.54 Å². The quantitative estimate of drug-likeness (QED) is 0.845. The van der Waals surface area contributed by atoms with Crippen LogP contribution in [0.25, 0.3) is 0 Å². The third-order valence-corrected chi connectivity index (χ3v) is 3.03. The highest BCUT2D eigenvalue weighted by Gasteiger charge is 2.15. The van der Waals surface area contributed by atoms with Gasteiger partial charge >= 0.3 is 11.8 Å². The van der Waals surface area contributed by atoms with E-state index in [0.717, 1.165) is 5.56 Å². The molecule has 1 aromatic carbocycles. The predicted octanol–water partition coefficient (Wildman–Crippen LogP) is 2.00. The van der Waals surface area contributed by atoms with Gasteiger partial charge in [-0.3, -0.25) is 14.6 Å². The van der Waals surface area contributed by atoms with E-state index in [9.17, 15) is 9.59 Å². The van der Waals surface area contributed by atoms with Gasteiger partial charge in [0.05, 0.1) is 12.8 Å². The van der Waals surface area contributed by atoms with Gasteiger partial charge in [0.15, 0.2) is 0 Å². The molecule has 0 fully saturated rings. The molecule has 2 N–H and O–H groups in total. The summed E-state index contributed by atoms with van der Waals surface area (Å²) in [5.74, 6) is -1.15. The molecule has 2 rings (SSSR count). The number of anilines is 1. The number of methoxy groups -OCH3 is 1. The molecule has 0 saturated carbocycles. The number of halogens is 1. The lowest BCUT2D eigenvalue weighted by atomic mass is 10.2. The standard InChI is InChI=1S/C15H14ClN3O3/c1-22-13-5-4-11(16)7-12(13)19-15(21)14(20)18-9-10-3-2-6-17-8-10/h2-8H,9H2,1H3,(H,18,20)(H,19,21). The van der Waals surface area contributed by atoms with Gasteiger partial charge in [0.1, 0.15) is 5.75 Å². The third-order valence-electron chi connectivity index (χ3n) is 2.79. The van der Waals surface area contributed by atoms with Crippen LogP contribution in [0.4, 0.5) is 5.69 Å². The Morgan fingerprint density at radius 1 is 1.27 bits per heavy atom. The van der Waals surface area contributed by atoms with Gasteiger partial charge < -0.3 is 15.4 Å². The molecule has 0 atom stereocenters. The van der Waals surface area contributed by atoms with Crippen LogP contribution in [0.3, 0.4) is 0 Å². The molecule has 1 heterocycles. The number of pyridine rings is 1. The van der Waals surface area contributed by atoms with Crippen LogP contribution in [0.5, 0.6) is 5.75 Å². The number of carbonyl (C=O) groups excluding carboxylic acids is 2. The van der Waals surface area contributed by atoms with Crippen molar-refractivity contribution < 1.29 is 14.3 Å². The number of benzene rings is 1. The van der Waals surface area contributed by atoms with E-state index in [0.29, 0.717) is 16.5 Å². The highest BCUT2D eigenvalue weighted by molar-refractivity contribution is 6.40. The van der Waals surface area contributed by atoms with Crippen LogP contribution in [0.1, 0.15) is 5.56 Å². The van der Waals surface area contributed by atoms with Crippen molar-refractivity contribution in [3.63, 3.8) is 0 Å². The molecule has 114 valence electrons. The molecule has 2 aromatic rings. The summed E-state index contributed by atoms with van der Waals surface area (Å²) in [6.07, 6.45) is 3.24. The Hall–Kier alpha value is -2.60. The van der Waals surface area contributed by atoms with E-state index >= 15 is 0 Å². The van der Waals surface area contributed by atoms with Crippen molar-refractivity contribution in [2.45, 2.75) is 6.54 Å². The minimum absolute atomic E-state index is 0.215. The fourth-order valence-electron chi connectivity index (χ4n) is 1.72. The first kappa shape index (κ1) is 15.8. The Kier molecular flexibility index (Phi) is 5.32. The van der Waals surface area contributed by atoms with Gasteiger partial charge in [-0.25, -0.2) is 0 Å². The Balaban J connectivity index is 1.97. The lowest BCUT2D eigenvalue weighted by molar-refractivity contribution is -0.136. The first-order chi connectivity index (χ1) is 10.6. The molecule has 0 aliphatic rings. The molecule has 0 spiro atoms. The molecule has 7 heteroatoms. The van der Waals surface area contributed by atoms with Crippen molar-refractivity contribution >= 4 is 29.1 Å². The van der Waals surface area contributed by atoms with Gasteiger partial charge in [0.2, 0.25) is 0 Å². The number of amides is 2. The molecule has 0 aliphatic heterocycles. The smallest absolute Gasteiger partial charge is 0.313 e. The summed E-state index contributed by atoms with van der Waals surface area (Å²) >= 11 is 5.86. The Morgan fingerprint density at radius 2 is 2.09 bits per heavy atom. The van der Waals surface area contributed by atoms with Gasteiger partial charge in [-0.15, -0.1) is 0 Å². The number of nitrogens with one attached hydrogen (secondary N) is 2. The van der Waals surface area contributed by atoms with Crippen molar-refractivity contribution in [2.75, 3.05) is 12.4 Å². The minimum atomic E-state index is -0.801. The molecule has 2 amide bonds. The van der Waals surface area contributed by atoms with E-state index in [4.69, 9.17) is 16.3 Å². The second-order valence-electron chi connectivity index (χ2n) is 4.34.